The van der Waals surface area contributed by atoms with Gasteiger partial charge < -0.3 is 9.84 Å². The van der Waals surface area contributed by atoms with Crippen molar-refractivity contribution in [2.24, 2.45) is 5.92 Å². The van der Waals surface area contributed by atoms with Crippen LogP contribution in [-0.4, -0.2) is 47.6 Å². The Morgan fingerprint density at radius 3 is 3.04 bits per heavy atom. The Hall–Kier alpha value is -2.21. The Morgan fingerprint density at radius 1 is 1.42 bits per heavy atom. The number of aromatic nitrogens is 2. The van der Waals surface area contributed by atoms with Crippen molar-refractivity contribution in [2.45, 2.75) is 24.7 Å². The fourth-order valence-electron chi connectivity index (χ4n) is 4.28. The van der Waals surface area contributed by atoms with Gasteiger partial charge in [-0.25, -0.2) is 0 Å². The van der Waals surface area contributed by atoms with Gasteiger partial charge in [-0.1, -0.05) is 41.9 Å². The Kier molecular flexibility index (Phi) is 3.84. The van der Waals surface area contributed by atoms with E-state index in [4.69, 9.17) is 9.51 Å². The van der Waals surface area contributed by atoms with Gasteiger partial charge in [-0.15, -0.1) is 0 Å². The molecule has 2 heterocycles. The highest BCUT2D eigenvalue weighted by Crippen LogP contribution is 2.50. The molecule has 1 aliphatic heterocycles. The first-order valence-corrected chi connectivity index (χ1v) is 8.54. The Balaban J connectivity index is 1.60. The second-order valence-electron chi connectivity index (χ2n) is 6.88. The van der Waals surface area contributed by atoms with E-state index in [9.17, 15) is 4.79 Å². The lowest BCUT2D eigenvalue weighted by molar-refractivity contribution is -0.121. The molecule has 1 aromatic heterocycles. The van der Waals surface area contributed by atoms with Crippen molar-refractivity contribution in [2.75, 3.05) is 26.7 Å². The van der Waals surface area contributed by atoms with Gasteiger partial charge in [-0.2, -0.15) is 4.98 Å². The minimum atomic E-state index is -0.0892. The van der Waals surface area contributed by atoms with Gasteiger partial charge in [0, 0.05) is 25.7 Å². The lowest BCUT2D eigenvalue weighted by Crippen LogP contribution is -2.37. The fourth-order valence-corrected chi connectivity index (χ4v) is 4.28. The number of rotatable bonds is 4. The first kappa shape index (κ1) is 15.3. The molecule has 0 bridgehead atoms. The van der Waals surface area contributed by atoms with Gasteiger partial charge in [0.1, 0.15) is 0 Å². The van der Waals surface area contributed by atoms with Crippen LogP contribution in [0.3, 0.4) is 0 Å². The van der Waals surface area contributed by atoms with Crippen LogP contribution in [0, 0.1) is 5.92 Å². The third-order valence-corrected chi connectivity index (χ3v) is 5.47. The molecular formula is C18H22N4O2. The summed E-state index contributed by atoms with van der Waals surface area (Å²) in [6.45, 7) is 2.19. The quantitative estimate of drug-likeness (QED) is 0.928. The number of carbonyl (C=O) groups excluding carboxylic acids is 1. The summed E-state index contributed by atoms with van der Waals surface area (Å²) >= 11 is 0. The van der Waals surface area contributed by atoms with Gasteiger partial charge in [0.25, 0.3) is 0 Å². The lowest BCUT2D eigenvalue weighted by atomic mass is 9.80. The molecule has 6 heteroatoms. The number of fused-ring (bicyclic) bond motifs is 1. The van der Waals surface area contributed by atoms with Crippen LogP contribution in [0.2, 0.25) is 0 Å². The predicted octanol–water partition coefficient (Wildman–Crippen LogP) is 1.84. The predicted molar refractivity (Wildman–Crippen MR) is 89.3 cm³/mol. The highest BCUT2D eigenvalue weighted by atomic mass is 16.5. The molecule has 2 atom stereocenters. The zero-order valence-electron chi connectivity index (χ0n) is 13.9. The minimum absolute atomic E-state index is 0.0561. The summed E-state index contributed by atoms with van der Waals surface area (Å²) in [4.78, 5) is 18.7. The van der Waals surface area contributed by atoms with Crippen LogP contribution < -0.4 is 5.32 Å². The van der Waals surface area contributed by atoms with E-state index >= 15 is 0 Å². The van der Waals surface area contributed by atoms with E-state index in [0.717, 1.165) is 37.4 Å². The standard InChI is InChI=1S/C18H22N4O2/c1-19-15(23)11-22-10-14-8-5-9-18(14,12-22)17-20-16(21-24-17)13-6-3-2-4-7-13/h2-4,6-7,14H,5,8-12H2,1H3,(H,19,23)/t14-,18-/m1/s1. The SMILES string of the molecule is CNC(=O)CN1C[C@H]2CCC[C@@]2(c2nc(-c3ccccc3)no2)C1. The number of benzene rings is 1. The van der Waals surface area contributed by atoms with E-state index < -0.39 is 0 Å². The van der Waals surface area contributed by atoms with Gasteiger partial charge in [0.15, 0.2) is 0 Å². The van der Waals surface area contributed by atoms with Crippen LogP contribution in [0.25, 0.3) is 11.4 Å². The summed E-state index contributed by atoms with van der Waals surface area (Å²) in [7, 11) is 1.68. The summed E-state index contributed by atoms with van der Waals surface area (Å²) in [6, 6.07) is 9.91. The van der Waals surface area contributed by atoms with Crippen LogP contribution in [0.5, 0.6) is 0 Å². The number of carbonyl (C=O) groups is 1. The number of nitrogens with one attached hydrogen (secondary N) is 1. The van der Waals surface area contributed by atoms with E-state index in [1.807, 2.05) is 30.3 Å². The topological polar surface area (TPSA) is 71.3 Å². The Morgan fingerprint density at radius 2 is 2.25 bits per heavy atom. The lowest BCUT2D eigenvalue weighted by Gasteiger charge is -2.24. The zero-order valence-corrected chi connectivity index (χ0v) is 13.9. The zero-order chi connectivity index (χ0) is 16.6. The summed E-state index contributed by atoms with van der Waals surface area (Å²) < 4.78 is 5.70. The number of likely N-dealkylation sites (N-methyl/N-ethyl adjacent to an activating group) is 1. The number of hydrogen-bond donors (Lipinski definition) is 1. The van der Waals surface area contributed by atoms with Crippen LogP contribution in [0.4, 0.5) is 0 Å². The van der Waals surface area contributed by atoms with Gasteiger partial charge in [0.05, 0.1) is 12.0 Å². The van der Waals surface area contributed by atoms with E-state index in [1.54, 1.807) is 7.05 Å². The first-order valence-electron chi connectivity index (χ1n) is 8.54. The molecule has 1 saturated carbocycles. The second-order valence-corrected chi connectivity index (χ2v) is 6.88. The van der Waals surface area contributed by atoms with Crippen molar-refractivity contribution < 1.29 is 9.32 Å². The van der Waals surface area contributed by atoms with Crippen molar-refractivity contribution in [3.63, 3.8) is 0 Å². The molecular weight excluding hydrogens is 304 g/mol. The summed E-state index contributed by atoms with van der Waals surface area (Å²) in [5.74, 6) is 1.94. The summed E-state index contributed by atoms with van der Waals surface area (Å²) in [5, 5.41) is 6.91. The summed E-state index contributed by atoms with van der Waals surface area (Å²) in [5.41, 5.74) is 0.882. The first-order chi connectivity index (χ1) is 11.7. The fraction of sp³-hybridized carbons (Fsp3) is 0.500. The van der Waals surface area contributed by atoms with Crippen molar-refractivity contribution in [1.29, 1.82) is 0 Å². The summed E-state index contributed by atoms with van der Waals surface area (Å²) in [6.07, 6.45) is 3.40. The normalized spacial score (nSPS) is 26.5. The molecule has 24 heavy (non-hydrogen) atoms. The molecule has 4 rings (SSSR count). The minimum Gasteiger partial charge on any atom is -0.358 e. The van der Waals surface area contributed by atoms with E-state index in [0.29, 0.717) is 18.3 Å². The average Bonchev–Trinajstić information content (AvgIpc) is 3.29. The van der Waals surface area contributed by atoms with Crippen LogP contribution >= 0.6 is 0 Å². The van der Waals surface area contributed by atoms with Gasteiger partial charge in [-0.3, -0.25) is 9.69 Å². The van der Waals surface area contributed by atoms with Crippen LogP contribution in [0.1, 0.15) is 25.2 Å². The molecule has 1 aliphatic carbocycles. The molecule has 0 radical (unpaired) electrons. The molecule has 1 aromatic carbocycles. The third kappa shape index (κ3) is 2.51. The third-order valence-electron chi connectivity index (χ3n) is 5.47. The van der Waals surface area contributed by atoms with Crippen molar-refractivity contribution in [3.05, 3.63) is 36.2 Å². The molecule has 2 fully saturated rings. The van der Waals surface area contributed by atoms with Gasteiger partial charge in [-0.05, 0) is 18.8 Å². The maximum absolute atomic E-state index is 11.7. The van der Waals surface area contributed by atoms with Crippen molar-refractivity contribution >= 4 is 5.91 Å². The Bertz CT molecular complexity index is 730. The molecule has 2 aliphatic rings. The number of hydrogen-bond acceptors (Lipinski definition) is 5. The maximum Gasteiger partial charge on any atom is 0.234 e. The number of nitrogens with zero attached hydrogens (tertiary/aromatic N) is 3. The highest BCUT2D eigenvalue weighted by Gasteiger charge is 2.54. The largest absolute Gasteiger partial charge is 0.358 e. The molecule has 6 nitrogen and oxygen atoms in total. The van der Waals surface area contributed by atoms with Gasteiger partial charge >= 0.3 is 0 Å². The molecule has 1 saturated heterocycles. The van der Waals surface area contributed by atoms with Crippen LogP contribution in [0.15, 0.2) is 34.9 Å². The monoisotopic (exact) mass is 326 g/mol. The van der Waals surface area contributed by atoms with Crippen molar-refractivity contribution in [3.8, 4) is 11.4 Å². The second kappa shape index (κ2) is 6.02. The molecule has 0 spiro atoms. The van der Waals surface area contributed by atoms with E-state index in [2.05, 4.69) is 15.4 Å². The van der Waals surface area contributed by atoms with E-state index in [-0.39, 0.29) is 11.3 Å². The smallest absolute Gasteiger partial charge is 0.234 e. The maximum atomic E-state index is 11.7. The molecule has 1 amide bonds. The molecule has 1 N–H and O–H groups in total. The van der Waals surface area contributed by atoms with Crippen molar-refractivity contribution in [1.82, 2.24) is 20.4 Å². The number of likely N-dealkylation sites (tertiary alicyclic amines) is 1. The average molecular weight is 326 g/mol. The highest BCUT2D eigenvalue weighted by molar-refractivity contribution is 5.77. The molecule has 0 unspecified atom stereocenters. The van der Waals surface area contributed by atoms with Crippen LogP contribution in [-0.2, 0) is 10.2 Å². The van der Waals surface area contributed by atoms with Gasteiger partial charge in [0.2, 0.25) is 17.6 Å². The van der Waals surface area contributed by atoms with E-state index in [1.165, 1.54) is 6.42 Å². The molecule has 126 valence electrons. The molecule has 2 aromatic rings. The number of amides is 1. The Labute approximate surface area is 141 Å².